The van der Waals surface area contributed by atoms with Crippen molar-refractivity contribution in [2.24, 2.45) is 11.7 Å². The van der Waals surface area contributed by atoms with E-state index in [4.69, 9.17) is 15.2 Å². The van der Waals surface area contributed by atoms with Crippen LogP contribution in [0, 0.1) is 5.92 Å². The van der Waals surface area contributed by atoms with Crippen molar-refractivity contribution >= 4 is 28.5 Å². The van der Waals surface area contributed by atoms with E-state index in [0.29, 0.717) is 35.2 Å². The Morgan fingerprint density at radius 3 is 2.59 bits per heavy atom. The first-order valence-electron chi connectivity index (χ1n) is 14.0. The fourth-order valence-corrected chi connectivity index (χ4v) is 6.28. The average molecular weight is 530 g/mol. The molecular weight excluding hydrogens is 494 g/mol. The zero-order chi connectivity index (χ0) is 26.8. The van der Waals surface area contributed by atoms with Gasteiger partial charge in [-0.25, -0.2) is 9.78 Å². The van der Waals surface area contributed by atoms with E-state index < -0.39 is 17.5 Å². The van der Waals surface area contributed by atoms with Crippen molar-refractivity contribution in [2.45, 2.75) is 44.1 Å². The van der Waals surface area contributed by atoms with Gasteiger partial charge in [0, 0.05) is 61.6 Å². The molecule has 2 aliphatic heterocycles. The third-order valence-electron chi connectivity index (χ3n) is 8.67. The van der Waals surface area contributed by atoms with Crippen molar-refractivity contribution in [2.75, 3.05) is 44.2 Å². The number of benzene rings is 1. The molecule has 2 aromatic heterocycles. The van der Waals surface area contributed by atoms with Gasteiger partial charge in [-0.3, -0.25) is 14.7 Å². The maximum Gasteiger partial charge on any atom is 0.339 e. The second-order valence-corrected chi connectivity index (χ2v) is 10.9. The molecule has 1 saturated heterocycles. The van der Waals surface area contributed by atoms with E-state index in [1.807, 2.05) is 30.5 Å². The number of carbonyl (C=O) groups is 2. The predicted octanol–water partition coefficient (Wildman–Crippen LogP) is 3.35. The highest BCUT2D eigenvalue weighted by Gasteiger charge is 2.44. The summed E-state index contributed by atoms with van der Waals surface area (Å²) in [7, 11) is 0. The number of rotatable bonds is 7. The van der Waals surface area contributed by atoms with E-state index in [2.05, 4.69) is 25.8 Å². The molecule has 1 aliphatic carbocycles. The summed E-state index contributed by atoms with van der Waals surface area (Å²) in [6.45, 7) is 5.78. The summed E-state index contributed by atoms with van der Waals surface area (Å²) in [5.74, 6) is 0.197. The number of aromatic nitrogens is 2. The number of hydrogen-bond acceptors (Lipinski definition) is 8. The minimum atomic E-state index is -1.25. The lowest BCUT2D eigenvalue weighted by atomic mass is 9.77. The predicted molar refractivity (Wildman–Crippen MR) is 148 cm³/mol. The van der Waals surface area contributed by atoms with Crippen molar-refractivity contribution in [3.05, 3.63) is 59.9 Å². The number of amides is 1. The highest BCUT2D eigenvalue weighted by atomic mass is 16.6. The third kappa shape index (κ3) is 5.15. The first-order chi connectivity index (χ1) is 19.0. The summed E-state index contributed by atoms with van der Waals surface area (Å²) in [4.78, 5) is 39.4. The molecule has 0 radical (unpaired) electrons. The first-order valence-corrected chi connectivity index (χ1v) is 14.0. The van der Waals surface area contributed by atoms with Crippen LogP contribution in [-0.4, -0.2) is 71.7 Å². The van der Waals surface area contributed by atoms with Crippen LogP contribution < -0.4 is 15.4 Å². The van der Waals surface area contributed by atoms with Crippen LogP contribution in [0.25, 0.3) is 10.9 Å². The summed E-state index contributed by atoms with van der Waals surface area (Å²) in [6, 6.07) is 11.2. The molecule has 2 N–H and O–H groups in total. The number of primary amides is 1. The lowest BCUT2D eigenvalue weighted by molar-refractivity contribution is -0.141. The molecule has 1 amide bonds. The van der Waals surface area contributed by atoms with E-state index in [-0.39, 0.29) is 0 Å². The van der Waals surface area contributed by atoms with E-state index in [9.17, 15) is 9.59 Å². The van der Waals surface area contributed by atoms with Crippen LogP contribution in [0.4, 0.5) is 5.69 Å². The Morgan fingerprint density at radius 2 is 1.79 bits per heavy atom. The zero-order valence-corrected chi connectivity index (χ0v) is 22.2. The number of esters is 1. The number of para-hydroxylation sites is 1. The minimum absolute atomic E-state index is 0.409. The highest BCUT2D eigenvalue weighted by molar-refractivity contribution is 6.04. The number of piperazine rings is 1. The molecule has 9 nitrogen and oxygen atoms in total. The quantitative estimate of drug-likeness (QED) is 0.464. The van der Waals surface area contributed by atoms with Gasteiger partial charge in [0.1, 0.15) is 0 Å². The van der Waals surface area contributed by atoms with Gasteiger partial charge in [0.25, 0.3) is 5.91 Å². The molecule has 3 aromatic rings. The van der Waals surface area contributed by atoms with Crippen molar-refractivity contribution < 1.29 is 19.1 Å². The summed E-state index contributed by atoms with van der Waals surface area (Å²) in [6.07, 6.45) is 7.99. The van der Waals surface area contributed by atoms with Crippen LogP contribution in [0.1, 0.15) is 48.0 Å². The van der Waals surface area contributed by atoms with E-state index in [1.54, 1.807) is 12.3 Å². The summed E-state index contributed by atoms with van der Waals surface area (Å²) < 4.78 is 11.5. The highest BCUT2D eigenvalue weighted by Crippen LogP contribution is 2.38. The van der Waals surface area contributed by atoms with Crippen LogP contribution >= 0.6 is 0 Å². The summed E-state index contributed by atoms with van der Waals surface area (Å²) >= 11 is 0. The number of hydrogen-bond donors (Lipinski definition) is 1. The Kier molecular flexibility index (Phi) is 7.08. The Bertz CT molecular complexity index is 1360. The van der Waals surface area contributed by atoms with Gasteiger partial charge >= 0.3 is 5.97 Å². The van der Waals surface area contributed by atoms with Gasteiger partial charge in [0.2, 0.25) is 5.88 Å². The van der Waals surface area contributed by atoms with E-state index in [0.717, 1.165) is 70.9 Å². The van der Waals surface area contributed by atoms with E-state index >= 15 is 0 Å². The largest absolute Gasteiger partial charge is 0.477 e. The van der Waals surface area contributed by atoms with Crippen LogP contribution in [0.2, 0.25) is 0 Å². The molecule has 0 bridgehead atoms. The van der Waals surface area contributed by atoms with Gasteiger partial charge in [-0.15, -0.1) is 0 Å². The van der Waals surface area contributed by atoms with Crippen LogP contribution in [0.5, 0.6) is 5.88 Å². The second-order valence-electron chi connectivity index (χ2n) is 10.9. The molecular formula is C30H35N5O4. The lowest BCUT2D eigenvalue weighted by Gasteiger charge is -2.39. The van der Waals surface area contributed by atoms with Crippen molar-refractivity contribution in [3.8, 4) is 5.88 Å². The Hall–Kier alpha value is -3.72. The van der Waals surface area contributed by atoms with Crippen molar-refractivity contribution in [3.63, 3.8) is 0 Å². The normalized spacial score (nSPS) is 23.3. The molecule has 1 saturated carbocycles. The Morgan fingerprint density at radius 1 is 1.03 bits per heavy atom. The average Bonchev–Trinajstić information content (AvgIpc) is 3.46. The third-order valence-corrected chi connectivity index (χ3v) is 8.67. The molecule has 0 spiro atoms. The Labute approximate surface area is 228 Å². The SMILES string of the molecule is NC(=O)C1(OC(=O)c2ccnc3ccccc23)CCC(CCN2CCN(c3ccnc4c3CCO4)CC2)CC1. The van der Waals surface area contributed by atoms with Gasteiger partial charge in [0.05, 0.1) is 17.7 Å². The molecule has 204 valence electrons. The molecule has 2 fully saturated rings. The topological polar surface area (TPSA) is 111 Å². The van der Waals surface area contributed by atoms with Gasteiger partial charge in [-0.1, -0.05) is 18.2 Å². The number of nitrogens with zero attached hydrogens (tertiary/aromatic N) is 4. The summed E-state index contributed by atoms with van der Waals surface area (Å²) in [5.41, 5.74) is 8.19. The first kappa shape index (κ1) is 25.6. The number of ether oxygens (including phenoxy) is 2. The molecule has 0 atom stereocenters. The molecule has 6 rings (SSSR count). The van der Waals surface area contributed by atoms with Crippen LogP contribution in [0.15, 0.2) is 48.8 Å². The number of anilines is 1. The molecule has 3 aliphatic rings. The fraction of sp³-hybridized carbons (Fsp3) is 0.467. The summed E-state index contributed by atoms with van der Waals surface area (Å²) in [5, 5.41) is 0.708. The van der Waals surface area contributed by atoms with Crippen LogP contribution in [-0.2, 0) is 16.0 Å². The number of pyridine rings is 2. The fourth-order valence-electron chi connectivity index (χ4n) is 6.28. The number of fused-ring (bicyclic) bond motifs is 2. The Balaban J connectivity index is 1.01. The molecule has 1 aromatic carbocycles. The molecule has 4 heterocycles. The maximum atomic E-state index is 13.2. The molecule has 0 unspecified atom stereocenters. The lowest BCUT2D eigenvalue weighted by Crippen LogP contribution is -2.50. The van der Waals surface area contributed by atoms with E-state index in [1.165, 1.54) is 11.3 Å². The minimum Gasteiger partial charge on any atom is -0.477 e. The standard InChI is InChI=1S/C30H35N5O4/c31-29(37)30(39-28(36)23-7-13-32-25-4-2-1-3-22(23)25)11-5-21(6-12-30)9-15-34-16-18-35(19-17-34)26-8-14-33-27-24(26)10-20-38-27/h1-4,7-8,13-14,21H,5-6,9-12,15-20H2,(H2,31,37). The second kappa shape index (κ2) is 10.8. The monoisotopic (exact) mass is 529 g/mol. The van der Waals surface area contributed by atoms with Gasteiger partial charge in [-0.05, 0) is 62.8 Å². The smallest absolute Gasteiger partial charge is 0.339 e. The molecule has 39 heavy (non-hydrogen) atoms. The molecule has 9 heteroatoms. The van der Waals surface area contributed by atoms with Crippen molar-refractivity contribution in [1.82, 2.24) is 14.9 Å². The maximum absolute atomic E-state index is 13.2. The van der Waals surface area contributed by atoms with Crippen LogP contribution in [0.3, 0.4) is 0 Å². The zero-order valence-electron chi connectivity index (χ0n) is 22.2. The van der Waals surface area contributed by atoms with Gasteiger partial charge < -0.3 is 20.1 Å². The number of nitrogens with two attached hydrogens (primary N) is 1. The number of carbonyl (C=O) groups excluding carboxylic acids is 2. The van der Waals surface area contributed by atoms with Gasteiger partial charge in [0.15, 0.2) is 5.60 Å². The van der Waals surface area contributed by atoms with Crippen molar-refractivity contribution in [1.29, 1.82) is 0 Å². The van der Waals surface area contributed by atoms with Gasteiger partial charge in [-0.2, -0.15) is 0 Å².